The summed E-state index contributed by atoms with van der Waals surface area (Å²) in [4.78, 5) is 37.5. The van der Waals surface area contributed by atoms with E-state index in [1.807, 2.05) is 17.9 Å². The lowest BCUT2D eigenvalue weighted by Gasteiger charge is -2.42. The predicted octanol–water partition coefficient (Wildman–Crippen LogP) is 0.795. The average Bonchev–Trinajstić information content (AvgIpc) is 2.63. The number of aromatic nitrogens is 1. The third-order valence-corrected chi connectivity index (χ3v) is 5.84. The normalized spacial score (nSPS) is 23.0. The number of nitrogens with zero attached hydrogens (tertiary/aromatic N) is 2. The van der Waals surface area contributed by atoms with E-state index in [2.05, 4.69) is 10.6 Å². The van der Waals surface area contributed by atoms with Gasteiger partial charge in [0, 0.05) is 62.9 Å². The first-order chi connectivity index (χ1) is 12.9. The minimum Gasteiger partial charge on any atom is -0.352 e. The highest BCUT2D eigenvalue weighted by atomic mass is 16.2. The molecule has 27 heavy (non-hydrogen) atoms. The topological polar surface area (TPSA) is 83.4 Å². The minimum absolute atomic E-state index is 0.00643. The Kier molecular flexibility index (Phi) is 6.31. The summed E-state index contributed by atoms with van der Waals surface area (Å²) in [7, 11) is 0. The summed E-state index contributed by atoms with van der Waals surface area (Å²) in [5, 5.41) is 6.77. The third kappa shape index (κ3) is 4.97. The first-order valence-electron chi connectivity index (χ1n) is 9.91. The van der Waals surface area contributed by atoms with Crippen molar-refractivity contribution in [1.29, 1.82) is 0 Å². The SMILES string of the molecule is CC(=O)N1CCC(N[C@@H]2CC[C@@H]2NC(=O)CCn2c(C)cccc2=O)CC1. The Morgan fingerprint density at radius 3 is 2.41 bits per heavy atom. The number of aryl methyl sites for hydroxylation is 1. The molecule has 2 amide bonds. The monoisotopic (exact) mass is 374 g/mol. The Morgan fingerprint density at radius 1 is 1.11 bits per heavy atom. The zero-order valence-electron chi connectivity index (χ0n) is 16.2. The summed E-state index contributed by atoms with van der Waals surface area (Å²) in [5.41, 5.74) is 0.804. The van der Waals surface area contributed by atoms with Crippen LogP contribution >= 0.6 is 0 Å². The fraction of sp³-hybridized carbons (Fsp3) is 0.650. The van der Waals surface area contributed by atoms with Crippen LogP contribution < -0.4 is 16.2 Å². The molecule has 2 heterocycles. The van der Waals surface area contributed by atoms with Crippen LogP contribution in [-0.2, 0) is 16.1 Å². The maximum Gasteiger partial charge on any atom is 0.250 e. The van der Waals surface area contributed by atoms with Gasteiger partial charge in [0.15, 0.2) is 0 Å². The highest BCUT2D eigenvalue weighted by Gasteiger charge is 2.34. The second kappa shape index (κ2) is 8.69. The van der Waals surface area contributed by atoms with E-state index in [4.69, 9.17) is 0 Å². The van der Waals surface area contributed by atoms with Crippen LogP contribution in [0.1, 0.15) is 44.7 Å². The van der Waals surface area contributed by atoms with Crippen molar-refractivity contribution in [2.75, 3.05) is 13.1 Å². The molecule has 0 radical (unpaired) electrons. The van der Waals surface area contributed by atoms with Crippen molar-refractivity contribution in [3.05, 3.63) is 34.2 Å². The summed E-state index contributed by atoms with van der Waals surface area (Å²) in [6, 6.07) is 6.02. The largest absolute Gasteiger partial charge is 0.352 e. The van der Waals surface area contributed by atoms with Crippen LogP contribution in [0.25, 0.3) is 0 Å². The van der Waals surface area contributed by atoms with Crippen molar-refractivity contribution < 1.29 is 9.59 Å². The molecule has 1 saturated carbocycles. The van der Waals surface area contributed by atoms with Gasteiger partial charge in [-0.1, -0.05) is 6.07 Å². The molecule has 1 aliphatic heterocycles. The van der Waals surface area contributed by atoms with Gasteiger partial charge in [0.1, 0.15) is 0 Å². The number of carbonyl (C=O) groups excluding carboxylic acids is 2. The molecule has 3 rings (SSSR count). The summed E-state index contributed by atoms with van der Waals surface area (Å²) in [6.07, 6.45) is 4.29. The highest BCUT2D eigenvalue weighted by Crippen LogP contribution is 2.22. The lowest BCUT2D eigenvalue weighted by Crippen LogP contribution is -2.60. The van der Waals surface area contributed by atoms with Crippen molar-refractivity contribution in [2.45, 2.75) is 70.6 Å². The van der Waals surface area contributed by atoms with E-state index in [0.29, 0.717) is 25.0 Å². The van der Waals surface area contributed by atoms with Gasteiger partial charge in [0.25, 0.3) is 5.56 Å². The summed E-state index contributed by atoms with van der Waals surface area (Å²) < 4.78 is 1.64. The molecule has 0 spiro atoms. The van der Waals surface area contributed by atoms with E-state index in [-0.39, 0.29) is 23.4 Å². The van der Waals surface area contributed by atoms with Crippen LogP contribution in [0, 0.1) is 6.92 Å². The van der Waals surface area contributed by atoms with E-state index in [1.54, 1.807) is 17.6 Å². The maximum absolute atomic E-state index is 12.3. The van der Waals surface area contributed by atoms with Crippen molar-refractivity contribution in [3.8, 4) is 0 Å². The second-order valence-corrected chi connectivity index (χ2v) is 7.71. The van der Waals surface area contributed by atoms with Gasteiger partial charge in [0.2, 0.25) is 11.8 Å². The smallest absolute Gasteiger partial charge is 0.250 e. The third-order valence-electron chi connectivity index (χ3n) is 5.84. The van der Waals surface area contributed by atoms with Crippen LogP contribution in [0.5, 0.6) is 0 Å². The molecule has 2 atom stereocenters. The molecule has 2 N–H and O–H groups in total. The van der Waals surface area contributed by atoms with Gasteiger partial charge in [-0.3, -0.25) is 14.4 Å². The second-order valence-electron chi connectivity index (χ2n) is 7.71. The molecule has 1 aromatic heterocycles. The molecule has 148 valence electrons. The molecule has 0 unspecified atom stereocenters. The van der Waals surface area contributed by atoms with Gasteiger partial charge in [-0.2, -0.15) is 0 Å². The molecular formula is C20H30N4O3. The number of nitrogens with one attached hydrogen (secondary N) is 2. The molecule has 1 aliphatic carbocycles. The fourth-order valence-corrected chi connectivity index (χ4v) is 3.94. The summed E-state index contributed by atoms with van der Waals surface area (Å²) in [5.74, 6) is 0.142. The Bertz CT molecular complexity index is 737. The van der Waals surface area contributed by atoms with Crippen molar-refractivity contribution in [2.24, 2.45) is 0 Å². The van der Waals surface area contributed by atoms with Gasteiger partial charge in [-0.15, -0.1) is 0 Å². The molecule has 1 aromatic rings. The Balaban J connectivity index is 1.41. The van der Waals surface area contributed by atoms with E-state index in [1.165, 1.54) is 6.07 Å². The van der Waals surface area contributed by atoms with Gasteiger partial charge < -0.3 is 20.1 Å². The van der Waals surface area contributed by atoms with Crippen molar-refractivity contribution >= 4 is 11.8 Å². The standard InChI is InChI=1S/C20H30N4O3/c1-14-4-3-5-20(27)24(14)13-10-19(26)22-18-7-6-17(18)21-16-8-11-23(12-9-16)15(2)25/h3-5,16-18,21H,6-13H2,1-2H3,(H,22,26)/t17-,18+/m1/s1. The fourth-order valence-electron chi connectivity index (χ4n) is 3.94. The Hall–Kier alpha value is -2.15. The van der Waals surface area contributed by atoms with Crippen LogP contribution in [0.4, 0.5) is 0 Å². The molecule has 1 saturated heterocycles. The van der Waals surface area contributed by atoms with Gasteiger partial charge in [-0.05, 0) is 38.7 Å². The number of hydrogen-bond acceptors (Lipinski definition) is 4. The van der Waals surface area contributed by atoms with E-state index in [0.717, 1.165) is 44.5 Å². The van der Waals surface area contributed by atoms with Gasteiger partial charge in [0.05, 0.1) is 0 Å². The number of carbonyl (C=O) groups is 2. The number of amides is 2. The van der Waals surface area contributed by atoms with Crippen molar-refractivity contribution in [1.82, 2.24) is 20.1 Å². The van der Waals surface area contributed by atoms with Gasteiger partial charge in [-0.25, -0.2) is 0 Å². The van der Waals surface area contributed by atoms with Gasteiger partial charge >= 0.3 is 0 Å². The Labute approximate surface area is 160 Å². The van der Waals surface area contributed by atoms with E-state index >= 15 is 0 Å². The lowest BCUT2D eigenvalue weighted by atomic mass is 9.85. The first kappa shape index (κ1) is 19.6. The van der Waals surface area contributed by atoms with E-state index in [9.17, 15) is 14.4 Å². The molecule has 2 aliphatic rings. The van der Waals surface area contributed by atoms with E-state index < -0.39 is 0 Å². The zero-order chi connectivity index (χ0) is 19.4. The highest BCUT2D eigenvalue weighted by molar-refractivity contribution is 5.76. The number of rotatable bonds is 6. The molecule has 7 heteroatoms. The maximum atomic E-state index is 12.3. The number of likely N-dealkylation sites (tertiary alicyclic amines) is 1. The predicted molar refractivity (Wildman–Crippen MR) is 103 cm³/mol. The minimum atomic E-state index is -0.0668. The van der Waals surface area contributed by atoms with Crippen LogP contribution in [0.15, 0.2) is 23.0 Å². The number of pyridine rings is 1. The number of hydrogen-bond donors (Lipinski definition) is 2. The average molecular weight is 374 g/mol. The summed E-state index contributed by atoms with van der Waals surface area (Å²) in [6.45, 7) is 5.52. The molecule has 0 bridgehead atoms. The molecule has 2 fully saturated rings. The molecule has 0 aromatic carbocycles. The van der Waals surface area contributed by atoms with Crippen LogP contribution in [-0.4, -0.2) is 52.5 Å². The first-order valence-corrected chi connectivity index (χ1v) is 9.91. The van der Waals surface area contributed by atoms with Crippen molar-refractivity contribution in [3.63, 3.8) is 0 Å². The quantitative estimate of drug-likeness (QED) is 0.771. The summed E-state index contributed by atoms with van der Waals surface area (Å²) >= 11 is 0. The lowest BCUT2D eigenvalue weighted by molar-refractivity contribution is -0.130. The Morgan fingerprint density at radius 2 is 1.81 bits per heavy atom. The molecule has 7 nitrogen and oxygen atoms in total. The zero-order valence-corrected chi connectivity index (χ0v) is 16.2. The van der Waals surface area contributed by atoms with Crippen LogP contribution in [0.2, 0.25) is 0 Å². The van der Waals surface area contributed by atoms with Crippen LogP contribution in [0.3, 0.4) is 0 Å². The number of piperidine rings is 1. The molecular weight excluding hydrogens is 344 g/mol.